The number of hydrogen-bond donors (Lipinski definition) is 1. The molecule has 0 spiro atoms. The van der Waals surface area contributed by atoms with E-state index >= 15 is 0 Å². The number of amides is 3. The third-order valence-electron chi connectivity index (χ3n) is 2.96. The first-order valence-electron chi connectivity index (χ1n) is 6.08. The molecular formula is C13H17N3O2. The van der Waals surface area contributed by atoms with Crippen LogP contribution >= 0.6 is 0 Å². The van der Waals surface area contributed by atoms with Crippen molar-refractivity contribution in [1.29, 1.82) is 0 Å². The summed E-state index contributed by atoms with van der Waals surface area (Å²) >= 11 is 0. The third-order valence-corrected chi connectivity index (χ3v) is 2.96. The van der Waals surface area contributed by atoms with E-state index in [-0.39, 0.29) is 18.5 Å². The quantitative estimate of drug-likeness (QED) is 0.816. The lowest BCUT2D eigenvalue weighted by molar-refractivity contribution is -0.116. The van der Waals surface area contributed by atoms with Crippen LogP contribution in [0, 0.1) is 0 Å². The van der Waals surface area contributed by atoms with Crippen LogP contribution in [0.3, 0.4) is 0 Å². The summed E-state index contributed by atoms with van der Waals surface area (Å²) in [4.78, 5) is 26.7. The molecule has 0 atom stereocenters. The molecule has 0 unspecified atom stereocenters. The smallest absolute Gasteiger partial charge is 0.326 e. The SMILES string of the molecule is CCCN1CC(=O)N(c2ccc(CN)cc2)C1=O. The van der Waals surface area contributed by atoms with Crippen LogP contribution in [0.5, 0.6) is 0 Å². The maximum absolute atomic E-state index is 12.1. The molecule has 0 saturated carbocycles. The second-order valence-corrected chi connectivity index (χ2v) is 4.30. The molecule has 0 bridgehead atoms. The Labute approximate surface area is 106 Å². The van der Waals surface area contributed by atoms with E-state index in [1.54, 1.807) is 17.0 Å². The van der Waals surface area contributed by atoms with Gasteiger partial charge in [0.25, 0.3) is 5.91 Å². The molecule has 3 amide bonds. The number of anilines is 1. The second kappa shape index (κ2) is 5.18. The van der Waals surface area contributed by atoms with Crippen molar-refractivity contribution in [3.05, 3.63) is 29.8 Å². The molecule has 0 radical (unpaired) electrons. The van der Waals surface area contributed by atoms with Gasteiger partial charge in [0.05, 0.1) is 5.69 Å². The lowest BCUT2D eigenvalue weighted by Gasteiger charge is -2.16. The van der Waals surface area contributed by atoms with Gasteiger partial charge in [0.1, 0.15) is 6.54 Å². The third kappa shape index (κ3) is 2.22. The van der Waals surface area contributed by atoms with Crippen molar-refractivity contribution >= 4 is 17.6 Å². The highest BCUT2D eigenvalue weighted by atomic mass is 16.2. The van der Waals surface area contributed by atoms with Gasteiger partial charge in [-0.15, -0.1) is 0 Å². The minimum absolute atomic E-state index is 0.172. The van der Waals surface area contributed by atoms with Crippen molar-refractivity contribution in [2.45, 2.75) is 19.9 Å². The molecule has 96 valence electrons. The van der Waals surface area contributed by atoms with Gasteiger partial charge in [-0.3, -0.25) is 4.79 Å². The molecule has 1 saturated heterocycles. The van der Waals surface area contributed by atoms with Gasteiger partial charge in [0.2, 0.25) is 0 Å². The Morgan fingerprint density at radius 3 is 2.44 bits per heavy atom. The fourth-order valence-electron chi connectivity index (χ4n) is 2.03. The number of imide groups is 1. The second-order valence-electron chi connectivity index (χ2n) is 4.30. The predicted octanol–water partition coefficient (Wildman–Crippen LogP) is 1.32. The topological polar surface area (TPSA) is 66.6 Å². The highest BCUT2D eigenvalue weighted by Crippen LogP contribution is 2.21. The van der Waals surface area contributed by atoms with Crippen LogP contribution in [0.15, 0.2) is 24.3 Å². The molecule has 1 aromatic rings. The van der Waals surface area contributed by atoms with Gasteiger partial charge in [-0.1, -0.05) is 19.1 Å². The van der Waals surface area contributed by atoms with Crippen LogP contribution in [-0.2, 0) is 11.3 Å². The van der Waals surface area contributed by atoms with E-state index in [0.29, 0.717) is 18.8 Å². The van der Waals surface area contributed by atoms with Crippen LogP contribution in [0.4, 0.5) is 10.5 Å². The van der Waals surface area contributed by atoms with Gasteiger partial charge in [-0.2, -0.15) is 0 Å². The fourth-order valence-corrected chi connectivity index (χ4v) is 2.03. The lowest BCUT2D eigenvalue weighted by Crippen LogP contribution is -2.33. The molecule has 0 aliphatic carbocycles. The van der Waals surface area contributed by atoms with Gasteiger partial charge < -0.3 is 10.6 Å². The Balaban J connectivity index is 2.21. The van der Waals surface area contributed by atoms with Crippen LogP contribution in [0.25, 0.3) is 0 Å². The van der Waals surface area contributed by atoms with Crippen LogP contribution in [0.2, 0.25) is 0 Å². The minimum atomic E-state index is -0.234. The van der Waals surface area contributed by atoms with Gasteiger partial charge >= 0.3 is 6.03 Å². The van der Waals surface area contributed by atoms with E-state index < -0.39 is 0 Å². The van der Waals surface area contributed by atoms with Crippen LogP contribution < -0.4 is 10.6 Å². The molecule has 1 aliphatic heterocycles. The number of benzene rings is 1. The van der Waals surface area contributed by atoms with Crippen molar-refractivity contribution in [2.75, 3.05) is 18.0 Å². The van der Waals surface area contributed by atoms with E-state index in [4.69, 9.17) is 5.73 Å². The summed E-state index contributed by atoms with van der Waals surface area (Å²) in [6, 6.07) is 6.94. The summed E-state index contributed by atoms with van der Waals surface area (Å²) in [7, 11) is 0. The number of hydrogen-bond acceptors (Lipinski definition) is 3. The molecule has 2 rings (SSSR count). The minimum Gasteiger partial charge on any atom is -0.326 e. The Bertz CT molecular complexity index is 456. The summed E-state index contributed by atoms with van der Waals surface area (Å²) in [5, 5.41) is 0. The number of rotatable bonds is 4. The molecule has 1 heterocycles. The fraction of sp³-hybridized carbons (Fsp3) is 0.385. The van der Waals surface area contributed by atoms with Gasteiger partial charge in [0, 0.05) is 13.1 Å². The summed E-state index contributed by atoms with van der Waals surface area (Å²) in [6.07, 6.45) is 0.846. The highest BCUT2D eigenvalue weighted by Gasteiger charge is 2.36. The Morgan fingerprint density at radius 1 is 1.22 bits per heavy atom. The number of nitrogens with two attached hydrogens (primary N) is 1. The average molecular weight is 247 g/mol. The first-order chi connectivity index (χ1) is 8.67. The number of carbonyl (C=O) groups is 2. The van der Waals surface area contributed by atoms with E-state index in [0.717, 1.165) is 12.0 Å². The van der Waals surface area contributed by atoms with Crippen LogP contribution in [0.1, 0.15) is 18.9 Å². The molecule has 1 aromatic carbocycles. The number of urea groups is 1. The average Bonchev–Trinajstić information content (AvgIpc) is 2.65. The molecule has 1 aliphatic rings. The zero-order chi connectivity index (χ0) is 13.1. The first kappa shape index (κ1) is 12.6. The molecule has 5 nitrogen and oxygen atoms in total. The highest BCUT2D eigenvalue weighted by molar-refractivity contribution is 6.19. The van der Waals surface area contributed by atoms with Crippen molar-refractivity contribution in [1.82, 2.24) is 4.90 Å². The summed E-state index contributed by atoms with van der Waals surface area (Å²) in [5.74, 6) is -0.172. The van der Waals surface area contributed by atoms with E-state index in [9.17, 15) is 9.59 Å². The molecule has 5 heteroatoms. The largest absolute Gasteiger partial charge is 0.331 e. The number of nitrogens with zero attached hydrogens (tertiary/aromatic N) is 2. The van der Waals surface area contributed by atoms with E-state index in [1.165, 1.54) is 4.90 Å². The van der Waals surface area contributed by atoms with Gasteiger partial charge in [0.15, 0.2) is 0 Å². The monoisotopic (exact) mass is 247 g/mol. The molecule has 2 N–H and O–H groups in total. The maximum Gasteiger partial charge on any atom is 0.331 e. The first-order valence-corrected chi connectivity index (χ1v) is 6.08. The molecule has 1 fully saturated rings. The van der Waals surface area contributed by atoms with Crippen molar-refractivity contribution in [2.24, 2.45) is 5.73 Å². The van der Waals surface area contributed by atoms with E-state index in [2.05, 4.69) is 0 Å². The van der Waals surface area contributed by atoms with Crippen LogP contribution in [-0.4, -0.2) is 29.9 Å². The Kier molecular flexibility index (Phi) is 3.62. The summed E-state index contributed by atoms with van der Waals surface area (Å²) in [6.45, 7) is 3.22. The predicted molar refractivity (Wildman–Crippen MR) is 69.1 cm³/mol. The summed E-state index contributed by atoms with van der Waals surface area (Å²) in [5.41, 5.74) is 7.10. The molecule has 0 aromatic heterocycles. The normalized spacial score (nSPS) is 15.7. The van der Waals surface area contributed by atoms with E-state index in [1.807, 2.05) is 19.1 Å². The zero-order valence-electron chi connectivity index (χ0n) is 10.4. The summed E-state index contributed by atoms with van der Waals surface area (Å²) < 4.78 is 0. The standard InChI is InChI=1S/C13H17N3O2/c1-2-7-15-9-12(17)16(13(15)18)11-5-3-10(8-14)4-6-11/h3-6H,2,7-9,14H2,1H3. The Morgan fingerprint density at radius 2 is 1.89 bits per heavy atom. The Hall–Kier alpha value is -1.88. The van der Waals surface area contributed by atoms with Crippen molar-refractivity contribution < 1.29 is 9.59 Å². The maximum atomic E-state index is 12.1. The number of carbonyl (C=O) groups excluding carboxylic acids is 2. The zero-order valence-corrected chi connectivity index (χ0v) is 10.4. The van der Waals surface area contributed by atoms with Crippen molar-refractivity contribution in [3.8, 4) is 0 Å². The van der Waals surface area contributed by atoms with Crippen molar-refractivity contribution in [3.63, 3.8) is 0 Å². The van der Waals surface area contributed by atoms with Gasteiger partial charge in [-0.25, -0.2) is 9.69 Å². The lowest BCUT2D eigenvalue weighted by atomic mass is 10.2. The molecular weight excluding hydrogens is 230 g/mol. The molecule has 18 heavy (non-hydrogen) atoms. The van der Waals surface area contributed by atoms with Gasteiger partial charge in [-0.05, 0) is 24.1 Å².